The largest absolute Gasteiger partial charge is 0.379 e. The van der Waals surface area contributed by atoms with E-state index in [1.807, 2.05) is 18.9 Å². The van der Waals surface area contributed by atoms with Crippen LogP contribution >= 0.6 is 0 Å². The number of aryl methyl sites for hydroxylation is 1. The number of anilines is 1. The molecular formula is C16H22N6O2. The van der Waals surface area contributed by atoms with Crippen molar-refractivity contribution in [2.24, 2.45) is 5.92 Å². The Kier molecular flexibility index (Phi) is 5.05. The molecule has 2 aromatic rings. The molecule has 2 N–H and O–H groups in total. The first-order valence-corrected chi connectivity index (χ1v) is 8.03. The van der Waals surface area contributed by atoms with Gasteiger partial charge in [0, 0.05) is 31.7 Å². The summed E-state index contributed by atoms with van der Waals surface area (Å²) in [5.41, 5.74) is 2.31. The monoisotopic (exact) mass is 330 g/mol. The summed E-state index contributed by atoms with van der Waals surface area (Å²) in [5, 5.41) is 9.70. The number of H-pyrrole nitrogens is 1. The van der Waals surface area contributed by atoms with E-state index in [-0.39, 0.29) is 11.8 Å². The van der Waals surface area contributed by atoms with Crippen LogP contribution in [-0.4, -0.2) is 64.3 Å². The summed E-state index contributed by atoms with van der Waals surface area (Å²) in [5.74, 6) is 0.926. The molecule has 3 heterocycles. The fourth-order valence-corrected chi connectivity index (χ4v) is 2.81. The highest BCUT2D eigenvalue weighted by atomic mass is 16.5. The van der Waals surface area contributed by atoms with Crippen LogP contribution in [0.2, 0.25) is 0 Å². The average Bonchev–Trinajstić information content (AvgIpc) is 2.89. The lowest BCUT2D eigenvalue weighted by Gasteiger charge is -2.23. The molecule has 0 radical (unpaired) electrons. The van der Waals surface area contributed by atoms with Crippen LogP contribution in [0.4, 0.5) is 5.82 Å². The minimum absolute atomic E-state index is 0.00614. The number of amides is 1. The number of carbonyl (C=O) groups excluding carboxylic acids is 1. The lowest BCUT2D eigenvalue weighted by atomic mass is 10.0. The van der Waals surface area contributed by atoms with Crippen LogP contribution < -0.4 is 5.32 Å². The first kappa shape index (κ1) is 16.4. The fourth-order valence-electron chi connectivity index (χ4n) is 2.81. The van der Waals surface area contributed by atoms with Gasteiger partial charge in [0.15, 0.2) is 0 Å². The molecule has 3 rings (SSSR count). The number of aromatic nitrogens is 4. The first-order valence-electron chi connectivity index (χ1n) is 8.03. The van der Waals surface area contributed by atoms with Crippen molar-refractivity contribution in [2.45, 2.75) is 13.3 Å². The highest BCUT2D eigenvalue weighted by Crippen LogP contribution is 2.16. The molecule has 8 nitrogen and oxygen atoms in total. The standard InChI is InChI=1S/C16H22N6O2/c1-11-14(7-20-21-11)16(23)22-3-4-24-10-12(9-22)5-13-6-19-15(17-2)8-18-13/h6-8,12H,3-5,9-10H2,1-2H3,(H,17,19)(H,20,21). The van der Waals surface area contributed by atoms with Crippen molar-refractivity contribution in [1.82, 2.24) is 25.1 Å². The maximum Gasteiger partial charge on any atom is 0.257 e. The molecule has 1 aliphatic rings. The Bertz CT molecular complexity index is 684. The van der Waals surface area contributed by atoms with Gasteiger partial charge >= 0.3 is 0 Å². The van der Waals surface area contributed by atoms with Crippen molar-refractivity contribution in [3.63, 3.8) is 0 Å². The van der Waals surface area contributed by atoms with Crippen molar-refractivity contribution >= 4 is 11.7 Å². The van der Waals surface area contributed by atoms with Gasteiger partial charge in [0.05, 0.1) is 43.1 Å². The fraction of sp³-hybridized carbons (Fsp3) is 0.500. The topological polar surface area (TPSA) is 96.0 Å². The SMILES string of the molecule is CNc1cnc(CC2COCCN(C(=O)c3cn[nH]c3C)C2)cn1. The highest BCUT2D eigenvalue weighted by molar-refractivity contribution is 5.95. The lowest BCUT2D eigenvalue weighted by Crippen LogP contribution is -2.36. The van der Waals surface area contributed by atoms with Crippen LogP contribution in [0.15, 0.2) is 18.6 Å². The molecule has 1 fully saturated rings. The molecule has 0 aliphatic carbocycles. The zero-order chi connectivity index (χ0) is 16.9. The normalized spacial score (nSPS) is 18.2. The van der Waals surface area contributed by atoms with Gasteiger partial charge in [0.2, 0.25) is 0 Å². The van der Waals surface area contributed by atoms with Gasteiger partial charge in [-0.3, -0.25) is 14.9 Å². The van der Waals surface area contributed by atoms with Crippen molar-refractivity contribution in [2.75, 3.05) is 38.7 Å². The second-order valence-corrected chi connectivity index (χ2v) is 5.95. The van der Waals surface area contributed by atoms with Gasteiger partial charge in [-0.1, -0.05) is 0 Å². The Morgan fingerprint density at radius 1 is 1.42 bits per heavy atom. The molecule has 128 valence electrons. The predicted molar refractivity (Wildman–Crippen MR) is 88.8 cm³/mol. The minimum atomic E-state index is -0.00614. The molecular weight excluding hydrogens is 308 g/mol. The zero-order valence-electron chi connectivity index (χ0n) is 14.0. The summed E-state index contributed by atoms with van der Waals surface area (Å²) in [6.07, 6.45) is 5.79. The highest BCUT2D eigenvalue weighted by Gasteiger charge is 2.25. The van der Waals surface area contributed by atoms with Gasteiger partial charge in [-0.05, 0) is 13.3 Å². The molecule has 1 saturated heterocycles. The number of aromatic amines is 1. The molecule has 1 unspecified atom stereocenters. The maximum atomic E-state index is 12.7. The van der Waals surface area contributed by atoms with Gasteiger partial charge in [-0.2, -0.15) is 5.10 Å². The van der Waals surface area contributed by atoms with E-state index in [4.69, 9.17) is 4.74 Å². The smallest absolute Gasteiger partial charge is 0.257 e. The second-order valence-electron chi connectivity index (χ2n) is 5.95. The number of rotatable bonds is 4. The van der Waals surface area contributed by atoms with E-state index < -0.39 is 0 Å². The molecule has 24 heavy (non-hydrogen) atoms. The Morgan fingerprint density at radius 2 is 2.29 bits per heavy atom. The van der Waals surface area contributed by atoms with Gasteiger partial charge in [-0.15, -0.1) is 0 Å². The second kappa shape index (κ2) is 7.39. The minimum Gasteiger partial charge on any atom is -0.379 e. The lowest BCUT2D eigenvalue weighted by molar-refractivity contribution is 0.0736. The van der Waals surface area contributed by atoms with Crippen LogP contribution in [0.25, 0.3) is 0 Å². The number of ether oxygens (including phenoxy) is 1. The molecule has 1 amide bonds. The number of hydrogen-bond acceptors (Lipinski definition) is 6. The Labute approximate surface area is 140 Å². The molecule has 0 spiro atoms. The van der Waals surface area contributed by atoms with E-state index in [2.05, 4.69) is 25.5 Å². The summed E-state index contributed by atoms with van der Waals surface area (Å²) < 4.78 is 5.67. The molecule has 8 heteroatoms. The third-order valence-electron chi connectivity index (χ3n) is 4.14. The van der Waals surface area contributed by atoms with Crippen LogP contribution in [0.5, 0.6) is 0 Å². The molecule has 0 aromatic carbocycles. The van der Waals surface area contributed by atoms with Gasteiger partial charge in [0.1, 0.15) is 5.82 Å². The maximum absolute atomic E-state index is 12.7. The zero-order valence-corrected chi connectivity index (χ0v) is 14.0. The average molecular weight is 330 g/mol. The summed E-state index contributed by atoms with van der Waals surface area (Å²) in [4.78, 5) is 23.2. The summed E-state index contributed by atoms with van der Waals surface area (Å²) in [6, 6.07) is 0. The number of carbonyl (C=O) groups is 1. The van der Waals surface area contributed by atoms with E-state index >= 15 is 0 Å². The van der Waals surface area contributed by atoms with E-state index in [1.165, 1.54) is 0 Å². The van der Waals surface area contributed by atoms with Gasteiger partial charge in [-0.25, -0.2) is 4.98 Å². The first-order chi connectivity index (χ1) is 11.7. The van der Waals surface area contributed by atoms with E-state index in [9.17, 15) is 4.79 Å². The van der Waals surface area contributed by atoms with E-state index in [1.54, 1.807) is 18.6 Å². The number of nitrogens with one attached hydrogen (secondary N) is 2. The Hall–Kier alpha value is -2.48. The molecule has 1 atom stereocenters. The summed E-state index contributed by atoms with van der Waals surface area (Å²) in [7, 11) is 1.81. The van der Waals surface area contributed by atoms with Crippen molar-refractivity contribution < 1.29 is 9.53 Å². The third kappa shape index (κ3) is 3.70. The Balaban J connectivity index is 1.68. The van der Waals surface area contributed by atoms with Crippen molar-refractivity contribution in [3.05, 3.63) is 35.5 Å². The van der Waals surface area contributed by atoms with Crippen molar-refractivity contribution in [1.29, 1.82) is 0 Å². The number of nitrogens with zero attached hydrogens (tertiary/aromatic N) is 4. The quantitative estimate of drug-likeness (QED) is 0.864. The summed E-state index contributed by atoms with van der Waals surface area (Å²) in [6.45, 7) is 4.24. The van der Waals surface area contributed by atoms with Gasteiger partial charge in [0.25, 0.3) is 5.91 Å². The Morgan fingerprint density at radius 3 is 2.96 bits per heavy atom. The number of hydrogen-bond donors (Lipinski definition) is 2. The predicted octanol–water partition coefficient (Wildman–Crippen LogP) is 0.881. The summed E-state index contributed by atoms with van der Waals surface area (Å²) >= 11 is 0. The van der Waals surface area contributed by atoms with Crippen LogP contribution in [0.3, 0.4) is 0 Å². The van der Waals surface area contributed by atoms with Crippen LogP contribution in [0, 0.1) is 12.8 Å². The van der Waals surface area contributed by atoms with E-state index in [0.717, 1.165) is 23.6 Å². The van der Waals surface area contributed by atoms with E-state index in [0.29, 0.717) is 31.9 Å². The molecule has 0 saturated carbocycles. The molecule has 1 aliphatic heterocycles. The third-order valence-corrected chi connectivity index (χ3v) is 4.14. The van der Waals surface area contributed by atoms with Crippen LogP contribution in [0.1, 0.15) is 21.7 Å². The van der Waals surface area contributed by atoms with Crippen molar-refractivity contribution in [3.8, 4) is 0 Å². The molecule has 0 bridgehead atoms. The molecule has 2 aromatic heterocycles. The van der Waals surface area contributed by atoms with Gasteiger partial charge < -0.3 is 15.0 Å². The van der Waals surface area contributed by atoms with Crippen LogP contribution in [-0.2, 0) is 11.2 Å².